The lowest BCUT2D eigenvalue weighted by Gasteiger charge is -2.08. The number of halogens is 3. The van der Waals surface area contributed by atoms with Gasteiger partial charge in [0.05, 0.1) is 16.5 Å². The van der Waals surface area contributed by atoms with Crippen molar-refractivity contribution in [3.8, 4) is 11.1 Å². The Bertz CT molecular complexity index is 644. The Kier molecular flexibility index (Phi) is 4.30. The van der Waals surface area contributed by atoms with Gasteiger partial charge in [-0.2, -0.15) is 0 Å². The van der Waals surface area contributed by atoms with Crippen LogP contribution in [0.3, 0.4) is 0 Å². The Morgan fingerprint density at radius 1 is 1.26 bits per heavy atom. The fraction of sp³-hybridized carbons (Fsp3) is 0.0769. The van der Waals surface area contributed by atoms with Gasteiger partial charge >= 0.3 is 5.97 Å². The first-order valence-electron chi connectivity index (χ1n) is 5.29. The molecule has 1 aromatic heterocycles. The van der Waals surface area contributed by atoms with E-state index in [0.29, 0.717) is 26.7 Å². The van der Waals surface area contributed by atoms with E-state index in [1.807, 2.05) is 0 Å². The molecular formula is C13H8Cl3NO2. The van der Waals surface area contributed by atoms with Crippen molar-refractivity contribution in [1.29, 1.82) is 0 Å². The van der Waals surface area contributed by atoms with E-state index >= 15 is 0 Å². The lowest BCUT2D eigenvalue weighted by Crippen LogP contribution is -2.02. The second kappa shape index (κ2) is 5.78. The molecule has 0 saturated carbocycles. The largest absolute Gasteiger partial charge is 0.481 e. The Labute approximate surface area is 124 Å². The number of carbonyl (C=O) groups is 1. The third kappa shape index (κ3) is 3.18. The number of carboxylic acid groups (broad SMARTS) is 1. The molecule has 98 valence electrons. The summed E-state index contributed by atoms with van der Waals surface area (Å²) in [6.07, 6.45) is 1.34. The summed E-state index contributed by atoms with van der Waals surface area (Å²) in [6, 6.07) is 6.87. The molecule has 3 nitrogen and oxygen atoms in total. The van der Waals surface area contributed by atoms with Gasteiger partial charge in [-0.1, -0.05) is 46.9 Å². The Morgan fingerprint density at radius 3 is 2.68 bits per heavy atom. The third-order valence-corrected chi connectivity index (χ3v) is 3.68. The summed E-state index contributed by atoms with van der Waals surface area (Å²) < 4.78 is 0. The van der Waals surface area contributed by atoms with E-state index in [4.69, 9.17) is 39.9 Å². The predicted molar refractivity (Wildman–Crippen MR) is 76.0 cm³/mol. The number of rotatable bonds is 3. The van der Waals surface area contributed by atoms with E-state index < -0.39 is 5.97 Å². The van der Waals surface area contributed by atoms with Crippen LogP contribution in [-0.2, 0) is 11.2 Å². The maximum absolute atomic E-state index is 10.8. The molecule has 19 heavy (non-hydrogen) atoms. The van der Waals surface area contributed by atoms with Crippen LogP contribution < -0.4 is 0 Å². The van der Waals surface area contributed by atoms with Crippen LogP contribution >= 0.6 is 34.8 Å². The number of pyridine rings is 1. The van der Waals surface area contributed by atoms with Crippen LogP contribution in [0.5, 0.6) is 0 Å². The summed E-state index contributed by atoms with van der Waals surface area (Å²) in [5, 5.41) is 9.81. The van der Waals surface area contributed by atoms with E-state index in [9.17, 15) is 4.79 Å². The Morgan fingerprint density at radius 2 is 2.00 bits per heavy atom. The van der Waals surface area contributed by atoms with Gasteiger partial charge in [0.25, 0.3) is 0 Å². The van der Waals surface area contributed by atoms with Crippen molar-refractivity contribution in [2.24, 2.45) is 0 Å². The van der Waals surface area contributed by atoms with Gasteiger partial charge in [0.1, 0.15) is 5.15 Å². The minimum absolute atomic E-state index is 0.171. The molecule has 0 aliphatic rings. The van der Waals surface area contributed by atoms with E-state index in [1.165, 1.54) is 6.20 Å². The van der Waals surface area contributed by atoms with Crippen LogP contribution in [0, 0.1) is 0 Å². The van der Waals surface area contributed by atoms with Gasteiger partial charge < -0.3 is 5.11 Å². The van der Waals surface area contributed by atoms with E-state index in [0.717, 1.165) is 0 Å². The first kappa shape index (κ1) is 14.1. The summed E-state index contributed by atoms with van der Waals surface area (Å²) >= 11 is 17.9. The zero-order valence-corrected chi connectivity index (χ0v) is 11.8. The summed E-state index contributed by atoms with van der Waals surface area (Å²) in [6.45, 7) is 0. The van der Waals surface area contributed by atoms with Gasteiger partial charge in [0.2, 0.25) is 0 Å². The molecule has 0 fully saturated rings. The molecule has 1 N–H and O–H groups in total. The van der Waals surface area contributed by atoms with Crippen LogP contribution in [0.25, 0.3) is 11.1 Å². The van der Waals surface area contributed by atoms with Crippen molar-refractivity contribution in [2.75, 3.05) is 0 Å². The second-order valence-electron chi connectivity index (χ2n) is 3.85. The molecule has 2 aromatic rings. The van der Waals surface area contributed by atoms with Gasteiger partial charge in [0.15, 0.2) is 0 Å². The monoisotopic (exact) mass is 315 g/mol. The summed E-state index contributed by atoms with van der Waals surface area (Å²) in [4.78, 5) is 14.7. The second-order valence-corrected chi connectivity index (χ2v) is 4.99. The number of aromatic nitrogens is 1. The van der Waals surface area contributed by atoms with Crippen LogP contribution in [0.1, 0.15) is 5.56 Å². The fourth-order valence-electron chi connectivity index (χ4n) is 1.65. The van der Waals surface area contributed by atoms with E-state index in [2.05, 4.69) is 4.98 Å². The highest BCUT2D eigenvalue weighted by Crippen LogP contribution is 2.34. The summed E-state index contributed by atoms with van der Waals surface area (Å²) in [7, 11) is 0. The molecule has 6 heteroatoms. The average Bonchev–Trinajstić information content (AvgIpc) is 2.35. The van der Waals surface area contributed by atoms with Gasteiger partial charge in [-0.3, -0.25) is 4.79 Å². The zero-order chi connectivity index (χ0) is 14.0. The van der Waals surface area contributed by atoms with E-state index in [-0.39, 0.29) is 11.6 Å². The minimum Gasteiger partial charge on any atom is -0.481 e. The normalized spacial score (nSPS) is 10.5. The van der Waals surface area contributed by atoms with Crippen LogP contribution in [-0.4, -0.2) is 16.1 Å². The lowest BCUT2D eigenvalue weighted by atomic mass is 10.0. The molecule has 0 unspecified atom stereocenters. The van der Waals surface area contributed by atoms with Crippen LogP contribution in [0.15, 0.2) is 30.5 Å². The molecular weight excluding hydrogens is 309 g/mol. The van der Waals surface area contributed by atoms with Gasteiger partial charge in [0, 0.05) is 22.9 Å². The van der Waals surface area contributed by atoms with Gasteiger partial charge in [-0.15, -0.1) is 0 Å². The number of nitrogens with zero attached hydrogens (tertiary/aromatic N) is 1. The molecule has 1 aromatic carbocycles. The van der Waals surface area contributed by atoms with Crippen LogP contribution in [0.2, 0.25) is 15.2 Å². The molecule has 2 rings (SSSR count). The Balaban J connectivity index is 2.51. The minimum atomic E-state index is -0.974. The number of aliphatic carboxylic acids is 1. The molecule has 1 heterocycles. The topological polar surface area (TPSA) is 50.2 Å². The number of hydrogen-bond donors (Lipinski definition) is 1. The molecule has 0 radical (unpaired) electrons. The maximum Gasteiger partial charge on any atom is 0.307 e. The molecule has 0 bridgehead atoms. The van der Waals surface area contributed by atoms with Crippen molar-refractivity contribution < 1.29 is 9.90 Å². The third-order valence-electron chi connectivity index (χ3n) is 2.52. The number of carboxylic acids is 1. The molecule has 0 saturated heterocycles. The molecule has 0 aliphatic carbocycles. The van der Waals surface area contributed by atoms with E-state index in [1.54, 1.807) is 24.3 Å². The Hall–Kier alpha value is -1.29. The van der Waals surface area contributed by atoms with Crippen molar-refractivity contribution in [1.82, 2.24) is 4.98 Å². The van der Waals surface area contributed by atoms with Gasteiger partial charge in [-0.05, 0) is 12.1 Å². The molecule has 0 atom stereocenters. The fourth-order valence-corrected chi connectivity index (χ4v) is 2.23. The quantitative estimate of drug-likeness (QED) is 0.857. The summed E-state index contributed by atoms with van der Waals surface area (Å²) in [5.41, 5.74) is 1.79. The van der Waals surface area contributed by atoms with Gasteiger partial charge in [-0.25, -0.2) is 4.98 Å². The van der Waals surface area contributed by atoms with Crippen molar-refractivity contribution in [3.63, 3.8) is 0 Å². The highest BCUT2D eigenvalue weighted by atomic mass is 35.5. The average molecular weight is 317 g/mol. The smallest absolute Gasteiger partial charge is 0.307 e. The predicted octanol–water partition coefficient (Wildman–Crippen LogP) is 4.34. The lowest BCUT2D eigenvalue weighted by molar-refractivity contribution is -0.136. The van der Waals surface area contributed by atoms with Crippen molar-refractivity contribution >= 4 is 40.8 Å². The molecule has 0 amide bonds. The zero-order valence-electron chi connectivity index (χ0n) is 9.53. The highest BCUT2D eigenvalue weighted by molar-refractivity contribution is 6.43. The SMILES string of the molecule is O=C(O)Cc1cc(-c2cccc(Cl)c2Cl)cnc1Cl. The standard InChI is InChI=1S/C13H8Cl3NO2/c14-10-3-1-2-9(12(10)15)8-4-7(5-11(18)19)13(16)17-6-8/h1-4,6H,5H2,(H,18,19). The number of hydrogen-bond acceptors (Lipinski definition) is 2. The molecule has 0 spiro atoms. The number of benzene rings is 1. The first-order chi connectivity index (χ1) is 8.99. The van der Waals surface area contributed by atoms with Crippen molar-refractivity contribution in [2.45, 2.75) is 6.42 Å². The molecule has 0 aliphatic heterocycles. The van der Waals surface area contributed by atoms with Crippen LogP contribution in [0.4, 0.5) is 0 Å². The summed E-state index contributed by atoms with van der Waals surface area (Å²) in [5.74, 6) is -0.974. The highest BCUT2D eigenvalue weighted by Gasteiger charge is 2.12. The first-order valence-corrected chi connectivity index (χ1v) is 6.43. The van der Waals surface area contributed by atoms with Crippen molar-refractivity contribution in [3.05, 3.63) is 51.2 Å². The maximum atomic E-state index is 10.8.